The van der Waals surface area contributed by atoms with E-state index >= 15 is 0 Å². The lowest BCUT2D eigenvalue weighted by Gasteiger charge is -2.16. The van der Waals surface area contributed by atoms with E-state index < -0.39 is 5.82 Å². The van der Waals surface area contributed by atoms with Crippen LogP contribution in [0.3, 0.4) is 0 Å². The van der Waals surface area contributed by atoms with Gasteiger partial charge in [0.05, 0.1) is 16.7 Å². The van der Waals surface area contributed by atoms with Crippen LogP contribution in [0.25, 0.3) is 0 Å². The molecule has 0 spiro atoms. The summed E-state index contributed by atoms with van der Waals surface area (Å²) < 4.78 is 36.3. The normalized spacial score (nSPS) is 12.0. The number of rotatable bonds is 8. The smallest absolute Gasteiger partial charge is 0.231 e. The SMILES string of the molecule is CCOc1cc(CNc2ccc3c(c2)OCO3)cc(Cl)c1OCc1c(F)cccc1Cl. The van der Waals surface area contributed by atoms with Gasteiger partial charge in [0.25, 0.3) is 0 Å². The minimum Gasteiger partial charge on any atom is -0.490 e. The third kappa shape index (κ3) is 4.92. The number of anilines is 1. The number of benzene rings is 3. The van der Waals surface area contributed by atoms with Gasteiger partial charge in [-0.2, -0.15) is 0 Å². The Hall–Kier alpha value is -2.83. The molecule has 5 nitrogen and oxygen atoms in total. The van der Waals surface area contributed by atoms with E-state index in [9.17, 15) is 4.39 Å². The van der Waals surface area contributed by atoms with E-state index in [-0.39, 0.29) is 19.0 Å². The van der Waals surface area contributed by atoms with Gasteiger partial charge in [-0.05, 0) is 48.9 Å². The zero-order valence-corrected chi connectivity index (χ0v) is 18.2. The van der Waals surface area contributed by atoms with Crippen molar-refractivity contribution in [2.75, 3.05) is 18.7 Å². The molecule has 0 radical (unpaired) electrons. The molecule has 0 amide bonds. The Kier molecular flexibility index (Phi) is 6.59. The van der Waals surface area contributed by atoms with Gasteiger partial charge in [-0.25, -0.2) is 4.39 Å². The van der Waals surface area contributed by atoms with Gasteiger partial charge < -0.3 is 24.3 Å². The highest BCUT2D eigenvalue weighted by Gasteiger charge is 2.16. The molecule has 1 aliphatic heterocycles. The summed E-state index contributed by atoms with van der Waals surface area (Å²) in [6, 6.07) is 13.8. The third-order valence-corrected chi connectivity index (χ3v) is 5.30. The summed E-state index contributed by atoms with van der Waals surface area (Å²) >= 11 is 12.6. The fraction of sp³-hybridized carbons (Fsp3) is 0.217. The van der Waals surface area contributed by atoms with Gasteiger partial charge in [0.2, 0.25) is 6.79 Å². The first kappa shape index (κ1) is 21.4. The summed E-state index contributed by atoms with van der Waals surface area (Å²) in [6.07, 6.45) is 0. The standard InChI is InChI=1S/C23H20Cl2FNO4/c1-2-28-22-9-14(11-27-15-6-7-20-21(10-15)31-13-30-20)8-18(25)23(22)29-12-16-17(24)4-3-5-19(16)26/h3-10,27H,2,11-13H2,1H3. The van der Waals surface area contributed by atoms with Crippen LogP contribution in [-0.2, 0) is 13.2 Å². The van der Waals surface area contributed by atoms with Crippen LogP contribution in [0, 0.1) is 5.82 Å². The van der Waals surface area contributed by atoms with E-state index in [0.717, 1.165) is 17.0 Å². The zero-order chi connectivity index (χ0) is 21.8. The molecular weight excluding hydrogens is 444 g/mol. The Morgan fingerprint density at radius 1 is 1.00 bits per heavy atom. The van der Waals surface area contributed by atoms with E-state index in [1.165, 1.54) is 6.07 Å². The van der Waals surface area contributed by atoms with Crippen molar-refractivity contribution in [3.05, 3.63) is 75.5 Å². The van der Waals surface area contributed by atoms with Crippen LogP contribution >= 0.6 is 23.2 Å². The molecule has 3 aromatic rings. The number of nitrogens with one attached hydrogen (secondary N) is 1. The average molecular weight is 464 g/mol. The molecule has 0 unspecified atom stereocenters. The van der Waals surface area contributed by atoms with Crippen molar-refractivity contribution >= 4 is 28.9 Å². The van der Waals surface area contributed by atoms with Crippen molar-refractivity contribution < 1.29 is 23.3 Å². The van der Waals surface area contributed by atoms with Crippen LogP contribution in [0.15, 0.2) is 48.5 Å². The fourth-order valence-corrected chi connectivity index (χ4v) is 3.66. The number of fused-ring (bicyclic) bond motifs is 1. The van der Waals surface area contributed by atoms with Crippen LogP contribution in [0.1, 0.15) is 18.1 Å². The minimum atomic E-state index is -0.439. The lowest BCUT2D eigenvalue weighted by Crippen LogP contribution is -2.05. The van der Waals surface area contributed by atoms with Crippen molar-refractivity contribution in [3.63, 3.8) is 0 Å². The predicted molar refractivity (Wildman–Crippen MR) is 118 cm³/mol. The van der Waals surface area contributed by atoms with Crippen LogP contribution in [0.5, 0.6) is 23.0 Å². The molecule has 0 saturated carbocycles. The van der Waals surface area contributed by atoms with Crippen LogP contribution in [0.4, 0.5) is 10.1 Å². The number of hydrogen-bond acceptors (Lipinski definition) is 5. The number of ether oxygens (including phenoxy) is 4. The molecule has 8 heteroatoms. The molecule has 0 atom stereocenters. The molecule has 0 aromatic heterocycles. The van der Waals surface area contributed by atoms with Gasteiger partial charge in [-0.3, -0.25) is 0 Å². The van der Waals surface area contributed by atoms with Gasteiger partial charge in [0.15, 0.2) is 23.0 Å². The third-order valence-electron chi connectivity index (χ3n) is 4.66. The Labute approximate surface area is 189 Å². The largest absolute Gasteiger partial charge is 0.490 e. The highest BCUT2D eigenvalue weighted by atomic mass is 35.5. The summed E-state index contributed by atoms with van der Waals surface area (Å²) in [4.78, 5) is 0. The summed E-state index contributed by atoms with van der Waals surface area (Å²) in [6.45, 7) is 2.94. The molecule has 3 aromatic carbocycles. The molecule has 0 aliphatic carbocycles. The monoisotopic (exact) mass is 463 g/mol. The maximum atomic E-state index is 14.1. The van der Waals surface area contributed by atoms with E-state index in [1.54, 1.807) is 18.2 Å². The quantitative estimate of drug-likeness (QED) is 0.415. The van der Waals surface area contributed by atoms with Gasteiger partial charge >= 0.3 is 0 Å². The fourth-order valence-electron chi connectivity index (χ4n) is 3.15. The van der Waals surface area contributed by atoms with Gasteiger partial charge in [-0.15, -0.1) is 0 Å². The van der Waals surface area contributed by atoms with E-state index in [1.807, 2.05) is 31.2 Å². The first-order chi connectivity index (χ1) is 15.0. The second kappa shape index (κ2) is 9.54. The van der Waals surface area contributed by atoms with Crippen molar-refractivity contribution in [2.45, 2.75) is 20.1 Å². The first-order valence-corrected chi connectivity index (χ1v) is 10.4. The lowest BCUT2D eigenvalue weighted by molar-refractivity contribution is 0.174. The van der Waals surface area contributed by atoms with Crippen molar-refractivity contribution in [3.8, 4) is 23.0 Å². The zero-order valence-electron chi connectivity index (χ0n) is 16.7. The van der Waals surface area contributed by atoms with Crippen LogP contribution in [-0.4, -0.2) is 13.4 Å². The highest BCUT2D eigenvalue weighted by molar-refractivity contribution is 6.32. The molecule has 1 aliphatic rings. The molecule has 1 N–H and O–H groups in total. The Morgan fingerprint density at radius 2 is 1.84 bits per heavy atom. The molecule has 0 bridgehead atoms. The molecule has 1 heterocycles. The maximum Gasteiger partial charge on any atom is 0.231 e. The van der Waals surface area contributed by atoms with Crippen molar-refractivity contribution in [1.29, 1.82) is 0 Å². The Morgan fingerprint density at radius 3 is 2.65 bits per heavy atom. The maximum absolute atomic E-state index is 14.1. The molecule has 0 fully saturated rings. The van der Waals surface area contributed by atoms with Crippen LogP contribution in [0.2, 0.25) is 10.0 Å². The Balaban J connectivity index is 1.50. The summed E-state index contributed by atoms with van der Waals surface area (Å²) in [5.41, 5.74) is 2.03. The van der Waals surface area contributed by atoms with Gasteiger partial charge in [0, 0.05) is 23.9 Å². The highest BCUT2D eigenvalue weighted by Crippen LogP contribution is 2.38. The minimum absolute atomic E-state index is 0.0694. The Bertz CT molecular complexity index is 1070. The van der Waals surface area contributed by atoms with E-state index in [0.29, 0.717) is 40.4 Å². The second-order valence-corrected chi connectivity index (χ2v) is 7.56. The van der Waals surface area contributed by atoms with Crippen molar-refractivity contribution in [2.24, 2.45) is 0 Å². The molecular formula is C23H20Cl2FNO4. The number of halogens is 3. The summed E-state index contributed by atoms with van der Waals surface area (Å²) in [5.74, 6) is 1.81. The predicted octanol–water partition coefficient (Wildman–Crippen LogP) is 6.45. The van der Waals surface area contributed by atoms with Crippen LogP contribution < -0.4 is 24.3 Å². The summed E-state index contributed by atoms with van der Waals surface area (Å²) in [5, 5.41) is 3.97. The summed E-state index contributed by atoms with van der Waals surface area (Å²) in [7, 11) is 0. The lowest BCUT2D eigenvalue weighted by atomic mass is 10.2. The number of hydrogen-bond donors (Lipinski definition) is 1. The molecule has 162 valence electrons. The second-order valence-electron chi connectivity index (χ2n) is 6.75. The average Bonchev–Trinajstić information content (AvgIpc) is 3.21. The van der Waals surface area contributed by atoms with Gasteiger partial charge in [-0.1, -0.05) is 29.3 Å². The molecule has 4 rings (SSSR count). The topological polar surface area (TPSA) is 49.0 Å². The van der Waals surface area contributed by atoms with E-state index in [4.69, 9.17) is 42.1 Å². The van der Waals surface area contributed by atoms with E-state index in [2.05, 4.69) is 5.32 Å². The van der Waals surface area contributed by atoms with Crippen molar-refractivity contribution in [1.82, 2.24) is 0 Å². The molecule has 0 saturated heterocycles. The van der Waals surface area contributed by atoms with Gasteiger partial charge in [0.1, 0.15) is 12.4 Å². The molecule has 31 heavy (non-hydrogen) atoms. The first-order valence-electron chi connectivity index (χ1n) is 9.69.